The van der Waals surface area contributed by atoms with Crippen molar-refractivity contribution in [3.8, 4) is 0 Å². The van der Waals surface area contributed by atoms with E-state index in [1.54, 1.807) is 0 Å². The minimum absolute atomic E-state index is 0.0268. The van der Waals surface area contributed by atoms with Crippen LogP contribution < -0.4 is 5.32 Å². The van der Waals surface area contributed by atoms with Crippen LogP contribution in [-0.2, 0) is 9.59 Å². The van der Waals surface area contributed by atoms with Crippen LogP contribution >= 0.6 is 0 Å². The van der Waals surface area contributed by atoms with E-state index >= 15 is 0 Å². The fourth-order valence-electron chi connectivity index (χ4n) is 4.99. The predicted octanol–water partition coefficient (Wildman–Crippen LogP) is 3.16. The van der Waals surface area contributed by atoms with Crippen LogP contribution in [0, 0.1) is 12.8 Å². The first-order valence-electron chi connectivity index (χ1n) is 10.4. The van der Waals surface area contributed by atoms with Crippen molar-refractivity contribution in [1.29, 1.82) is 0 Å². The number of imide groups is 1. The molecule has 1 spiro atoms. The molecule has 6 nitrogen and oxygen atoms in total. The summed E-state index contributed by atoms with van der Waals surface area (Å²) in [6.07, 6.45) is 5.04. The molecule has 0 aromatic heterocycles. The van der Waals surface area contributed by atoms with Gasteiger partial charge in [0.2, 0.25) is 5.91 Å². The van der Waals surface area contributed by atoms with Crippen LogP contribution in [0.25, 0.3) is 0 Å². The van der Waals surface area contributed by atoms with Gasteiger partial charge in [0, 0.05) is 6.54 Å². The lowest BCUT2D eigenvalue weighted by Crippen LogP contribution is -2.50. The first-order chi connectivity index (χ1) is 13.4. The van der Waals surface area contributed by atoms with Crippen molar-refractivity contribution in [3.05, 3.63) is 35.4 Å². The van der Waals surface area contributed by atoms with Crippen molar-refractivity contribution in [3.63, 3.8) is 0 Å². The summed E-state index contributed by atoms with van der Waals surface area (Å²) >= 11 is 0. The van der Waals surface area contributed by atoms with Gasteiger partial charge in [-0.2, -0.15) is 0 Å². The number of carbonyl (C=O) groups excluding carboxylic acids is 3. The Hall–Kier alpha value is -2.37. The number of hydrogen-bond donors (Lipinski definition) is 1. The molecule has 1 aromatic rings. The molecule has 2 saturated heterocycles. The third-order valence-corrected chi connectivity index (χ3v) is 6.79. The number of urea groups is 1. The summed E-state index contributed by atoms with van der Waals surface area (Å²) in [6.45, 7) is 4.74. The van der Waals surface area contributed by atoms with Gasteiger partial charge in [-0.3, -0.25) is 14.5 Å². The zero-order chi connectivity index (χ0) is 19.9. The lowest BCUT2D eigenvalue weighted by molar-refractivity contribution is -0.140. The van der Waals surface area contributed by atoms with Crippen molar-refractivity contribution in [2.45, 2.75) is 64.0 Å². The Balaban J connectivity index is 1.48. The van der Waals surface area contributed by atoms with E-state index in [9.17, 15) is 14.4 Å². The smallest absolute Gasteiger partial charge is 0.325 e. The summed E-state index contributed by atoms with van der Waals surface area (Å²) in [5.74, 6) is 0.213. The zero-order valence-electron chi connectivity index (χ0n) is 16.7. The highest BCUT2D eigenvalue weighted by Crippen LogP contribution is 2.37. The summed E-state index contributed by atoms with van der Waals surface area (Å²) in [7, 11) is 0. The summed E-state index contributed by atoms with van der Waals surface area (Å²) in [5, 5.41) is 2.90. The van der Waals surface area contributed by atoms with Crippen molar-refractivity contribution in [2.75, 3.05) is 13.1 Å². The lowest BCUT2D eigenvalue weighted by atomic mass is 9.77. The van der Waals surface area contributed by atoms with Gasteiger partial charge in [-0.25, -0.2) is 4.79 Å². The molecule has 0 bridgehead atoms. The van der Waals surface area contributed by atoms with E-state index in [-0.39, 0.29) is 24.4 Å². The summed E-state index contributed by atoms with van der Waals surface area (Å²) in [6, 6.07) is 7.73. The third-order valence-electron chi connectivity index (χ3n) is 6.79. The number of likely N-dealkylation sites (tertiary alicyclic amines) is 1. The van der Waals surface area contributed by atoms with E-state index in [0.717, 1.165) is 41.7 Å². The summed E-state index contributed by atoms with van der Waals surface area (Å²) < 4.78 is 0. The van der Waals surface area contributed by atoms with Gasteiger partial charge in [-0.05, 0) is 62.5 Å². The van der Waals surface area contributed by atoms with E-state index in [1.807, 2.05) is 17.0 Å². The average Bonchev–Trinajstić information content (AvgIpc) is 3.24. The molecule has 2 aliphatic heterocycles. The molecule has 3 aliphatic rings. The van der Waals surface area contributed by atoms with E-state index in [2.05, 4.69) is 31.3 Å². The molecule has 1 atom stereocenters. The highest BCUT2D eigenvalue weighted by atomic mass is 16.2. The number of nitrogens with zero attached hydrogens (tertiary/aromatic N) is 2. The van der Waals surface area contributed by atoms with Crippen LogP contribution in [0.5, 0.6) is 0 Å². The number of aryl methyl sites for hydroxylation is 1. The van der Waals surface area contributed by atoms with Crippen LogP contribution in [0.2, 0.25) is 0 Å². The quantitative estimate of drug-likeness (QED) is 0.815. The number of amides is 4. The number of benzene rings is 1. The van der Waals surface area contributed by atoms with E-state index in [0.29, 0.717) is 25.3 Å². The molecule has 3 fully saturated rings. The van der Waals surface area contributed by atoms with Crippen molar-refractivity contribution < 1.29 is 14.4 Å². The van der Waals surface area contributed by atoms with E-state index in [4.69, 9.17) is 0 Å². The molecular weight excluding hydrogens is 354 g/mol. The highest BCUT2D eigenvalue weighted by molar-refractivity contribution is 6.09. The van der Waals surface area contributed by atoms with Crippen LogP contribution in [0.4, 0.5) is 4.79 Å². The number of hydrogen-bond acceptors (Lipinski definition) is 3. The van der Waals surface area contributed by atoms with Gasteiger partial charge in [0.15, 0.2) is 0 Å². The maximum atomic E-state index is 13.1. The Kier molecular flexibility index (Phi) is 4.89. The van der Waals surface area contributed by atoms with E-state index in [1.165, 1.54) is 0 Å². The largest absolute Gasteiger partial charge is 0.334 e. The molecule has 1 N–H and O–H groups in total. The van der Waals surface area contributed by atoms with Crippen LogP contribution in [-0.4, -0.2) is 46.3 Å². The van der Waals surface area contributed by atoms with Crippen molar-refractivity contribution in [1.82, 2.24) is 15.1 Å². The minimum Gasteiger partial charge on any atom is -0.334 e. The summed E-state index contributed by atoms with van der Waals surface area (Å²) in [4.78, 5) is 41.6. The molecule has 28 heavy (non-hydrogen) atoms. The monoisotopic (exact) mass is 383 g/mol. The van der Waals surface area contributed by atoms with Gasteiger partial charge in [-0.15, -0.1) is 0 Å². The molecule has 4 amide bonds. The molecule has 6 heteroatoms. The van der Waals surface area contributed by atoms with Gasteiger partial charge < -0.3 is 10.2 Å². The second-order valence-corrected chi connectivity index (χ2v) is 8.69. The maximum absolute atomic E-state index is 13.1. The van der Waals surface area contributed by atoms with Gasteiger partial charge in [0.1, 0.15) is 12.1 Å². The molecule has 1 aliphatic carbocycles. The molecular formula is C22H29N3O3. The fraction of sp³-hybridized carbons (Fsp3) is 0.591. The second-order valence-electron chi connectivity index (χ2n) is 8.69. The topological polar surface area (TPSA) is 69.7 Å². The molecule has 1 saturated carbocycles. The summed E-state index contributed by atoms with van der Waals surface area (Å²) in [5.41, 5.74) is 1.53. The van der Waals surface area contributed by atoms with Crippen LogP contribution in [0.1, 0.15) is 62.6 Å². The van der Waals surface area contributed by atoms with Crippen LogP contribution in [0.15, 0.2) is 24.3 Å². The molecule has 1 aromatic carbocycles. The number of nitrogens with one attached hydrogen (secondary N) is 1. The average molecular weight is 383 g/mol. The third kappa shape index (κ3) is 3.19. The van der Waals surface area contributed by atoms with Gasteiger partial charge >= 0.3 is 6.03 Å². The van der Waals surface area contributed by atoms with Gasteiger partial charge in [0.25, 0.3) is 5.91 Å². The highest BCUT2D eigenvalue weighted by Gasteiger charge is 2.52. The molecule has 1 unspecified atom stereocenters. The number of rotatable bonds is 3. The Morgan fingerprint density at radius 1 is 1.18 bits per heavy atom. The number of carbonyl (C=O) groups is 3. The maximum Gasteiger partial charge on any atom is 0.325 e. The minimum atomic E-state index is -0.787. The SMILES string of the molecule is Cc1ccccc1C1CCCN1C(=O)CN1C(=O)NC2(CCC(C)CC2)C1=O. The predicted molar refractivity (Wildman–Crippen MR) is 105 cm³/mol. The second kappa shape index (κ2) is 7.22. The Bertz CT molecular complexity index is 798. The normalized spacial score (nSPS) is 30.2. The van der Waals surface area contributed by atoms with E-state index < -0.39 is 11.6 Å². The zero-order valence-corrected chi connectivity index (χ0v) is 16.7. The Morgan fingerprint density at radius 2 is 1.89 bits per heavy atom. The molecule has 4 rings (SSSR count). The first kappa shape index (κ1) is 19.0. The lowest BCUT2D eigenvalue weighted by Gasteiger charge is -2.33. The Morgan fingerprint density at radius 3 is 2.61 bits per heavy atom. The first-order valence-corrected chi connectivity index (χ1v) is 10.4. The van der Waals surface area contributed by atoms with Crippen molar-refractivity contribution >= 4 is 17.8 Å². The van der Waals surface area contributed by atoms with Crippen molar-refractivity contribution in [2.24, 2.45) is 5.92 Å². The fourth-order valence-corrected chi connectivity index (χ4v) is 4.99. The molecule has 2 heterocycles. The standard InChI is InChI=1S/C22H29N3O3/c1-15-9-11-22(12-10-15)20(27)25(21(28)23-22)14-19(26)24-13-5-8-18(24)17-7-4-3-6-16(17)2/h3-4,6-7,15,18H,5,8-14H2,1-2H3,(H,23,28). The van der Waals surface area contributed by atoms with Gasteiger partial charge in [0.05, 0.1) is 6.04 Å². The Labute approximate surface area is 166 Å². The molecule has 0 radical (unpaired) electrons. The van der Waals surface area contributed by atoms with Crippen LogP contribution in [0.3, 0.4) is 0 Å². The van der Waals surface area contributed by atoms with Gasteiger partial charge in [-0.1, -0.05) is 31.2 Å². The molecule has 150 valence electrons.